The van der Waals surface area contributed by atoms with E-state index >= 15 is 0 Å². The highest BCUT2D eigenvalue weighted by Gasteiger charge is 2.27. The minimum atomic E-state index is -2.85. The van der Waals surface area contributed by atoms with Crippen LogP contribution in [0.4, 0.5) is 4.39 Å². The fourth-order valence-corrected chi connectivity index (χ4v) is 4.15. The predicted octanol–water partition coefficient (Wildman–Crippen LogP) is 1.74. The first-order chi connectivity index (χ1) is 8.96. The zero-order valence-corrected chi connectivity index (χ0v) is 12.6. The third kappa shape index (κ3) is 4.43. The van der Waals surface area contributed by atoms with Gasteiger partial charge in [0.1, 0.15) is 18.2 Å². The highest BCUT2D eigenvalue weighted by molar-refractivity contribution is 9.10. The second-order valence-electron chi connectivity index (χ2n) is 4.48. The topological polar surface area (TPSA) is 55.4 Å². The molecule has 2 rings (SSSR count). The molecular formula is C12H15BrFNO3S. The Labute approximate surface area is 120 Å². The normalized spacial score (nSPS) is 21.5. The van der Waals surface area contributed by atoms with Crippen LogP contribution < -0.4 is 10.1 Å². The summed E-state index contributed by atoms with van der Waals surface area (Å²) < 4.78 is 41.4. The first-order valence-electron chi connectivity index (χ1n) is 5.98. The Bertz CT molecular complexity index is 550. The molecule has 0 bridgehead atoms. The Kier molecular flexibility index (Phi) is 4.81. The van der Waals surface area contributed by atoms with Crippen molar-refractivity contribution >= 4 is 25.8 Å². The quantitative estimate of drug-likeness (QED) is 0.821. The molecule has 0 radical (unpaired) electrons. The smallest absolute Gasteiger partial charge is 0.151 e. The zero-order valence-electron chi connectivity index (χ0n) is 10.2. The molecule has 4 nitrogen and oxygen atoms in total. The summed E-state index contributed by atoms with van der Waals surface area (Å²) in [6.07, 6.45) is 0.655. The molecule has 1 aromatic carbocycles. The van der Waals surface area contributed by atoms with Crippen LogP contribution in [-0.2, 0) is 9.84 Å². The van der Waals surface area contributed by atoms with Gasteiger partial charge in [-0.2, -0.15) is 0 Å². The van der Waals surface area contributed by atoms with E-state index < -0.39 is 9.84 Å². The third-order valence-electron chi connectivity index (χ3n) is 2.92. The Balaban J connectivity index is 1.72. The summed E-state index contributed by atoms with van der Waals surface area (Å²) in [6.45, 7) is 0.963. The monoisotopic (exact) mass is 351 g/mol. The van der Waals surface area contributed by atoms with Crippen molar-refractivity contribution in [3.8, 4) is 5.75 Å². The first-order valence-corrected chi connectivity index (χ1v) is 8.59. The lowest BCUT2D eigenvalue weighted by atomic mass is 10.3. The van der Waals surface area contributed by atoms with E-state index in [9.17, 15) is 12.8 Å². The molecule has 1 unspecified atom stereocenters. The van der Waals surface area contributed by atoms with Gasteiger partial charge in [0.2, 0.25) is 0 Å². The first kappa shape index (κ1) is 14.7. The van der Waals surface area contributed by atoms with Crippen molar-refractivity contribution in [1.29, 1.82) is 0 Å². The molecule has 0 aromatic heterocycles. The van der Waals surface area contributed by atoms with Gasteiger partial charge in [-0.3, -0.25) is 0 Å². The fourth-order valence-electron chi connectivity index (χ4n) is 1.97. The van der Waals surface area contributed by atoms with E-state index in [1.165, 1.54) is 12.1 Å². The lowest BCUT2D eigenvalue weighted by Gasteiger charge is -2.12. The number of hydrogen-bond acceptors (Lipinski definition) is 4. The van der Waals surface area contributed by atoms with Gasteiger partial charge < -0.3 is 10.1 Å². The highest BCUT2D eigenvalue weighted by Crippen LogP contribution is 2.25. The molecule has 1 saturated heterocycles. The van der Waals surface area contributed by atoms with Crippen LogP contribution in [0, 0.1) is 5.82 Å². The molecule has 0 amide bonds. The lowest BCUT2D eigenvalue weighted by molar-refractivity contribution is 0.305. The molecule has 19 heavy (non-hydrogen) atoms. The van der Waals surface area contributed by atoms with Crippen LogP contribution in [0.3, 0.4) is 0 Å². The maximum Gasteiger partial charge on any atom is 0.151 e. The predicted molar refractivity (Wildman–Crippen MR) is 74.7 cm³/mol. The average molecular weight is 352 g/mol. The highest BCUT2D eigenvalue weighted by atomic mass is 79.9. The van der Waals surface area contributed by atoms with E-state index in [2.05, 4.69) is 21.2 Å². The number of ether oxygens (including phenoxy) is 1. The molecule has 0 aliphatic carbocycles. The van der Waals surface area contributed by atoms with Gasteiger partial charge in [-0.25, -0.2) is 12.8 Å². The number of halogens is 2. The van der Waals surface area contributed by atoms with E-state index in [-0.39, 0.29) is 23.4 Å². The maximum atomic E-state index is 12.9. The van der Waals surface area contributed by atoms with Gasteiger partial charge in [0, 0.05) is 12.6 Å². The summed E-state index contributed by atoms with van der Waals surface area (Å²) in [5.41, 5.74) is 0. The molecule has 0 spiro atoms. The number of rotatable bonds is 5. The van der Waals surface area contributed by atoms with Crippen LogP contribution in [0.5, 0.6) is 5.75 Å². The van der Waals surface area contributed by atoms with Crippen molar-refractivity contribution in [2.24, 2.45) is 0 Å². The average Bonchev–Trinajstić information content (AvgIpc) is 2.67. The molecule has 7 heteroatoms. The van der Waals surface area contributed by atoms with Gasteiger partial charge in [-0.05, 0) is 40.5 Å². The summed E-state index contributed by atoms with van der Waals surface area (Å²) in [5.74, 6) is 0.707. The van der Waals surface area contributed by atoms with Crippen LogP contribution >= 0.6 is 15.9 Å². The molecule has 106 valence electrons. The minimum Gasteiger partial charge on any atom is -0.491 e. The maximum absolute atomic E-state index is 12.9. The van der Waals surface area contributed by atoms with Crippen molar-refractivity contribution < 1.29 is 17.5 Å². The molecule has 0 saturated carbocycles. The van der Waals surface area contributed by atoms with Crippen molar-refractivity contribution in [2.75, 3.05) is 24.7 Å². The van der Waals surface area contributed by atoms with Gasteiger partial charge in [-0.1, -0.05) is 0 Å². The van der Waals surface area contributed by atoms with Crippen LogP contribution in [-0.4, -0.2) is 39.1 Å². The van der Waals surface area contributed by atoms with Gasteiger partial charge in [0.05, 0.1) is 16.0 Å². The molecule has 1 atom stereocenters. The van der Waals surface area contributed by atoms with Crippen molar-refractivity contribution in [3.05, 3.63) is 28.5 Å². The molecular weight excluding hydrogens is 337 g/mol. The van der Waals surface area contributed by atoms with E-state index in [4.69, 9.17) is 4.74 Å². The van der Waals surface area contributed by atoms with Gasteiger partial charge >= 0.3 is 0 Å². The fraction of sp³-hybridized carbons (Fsp3) is 0.500. The van der Waals surface area contributed by atoms with Crippen LogP contribution in [0.25, 0.3) is 0 Å². The van der Waals surface area contributed by atoms with Crippen molar-refractivity contribution in [1.82, 2.24) is 5.32 Å². The van der Waals surface area contributed by atoms with Crippen LogP contribution in [0.15, 0.2) is 22.7 Å². The Morgan fingerprint density at radius 1 is 1.47 bits per heavy atom. The SMILES string of the molecule is O=S1(=O)CCC(NCCOc2ccc(F)cc2Br)C1. The van der Waals surface area contributed by atoms with Gasteiger partial charge in [0.25, 0.3) is 0 Å². The van der Waals surface area contributed by atoms with E-state index in [0.717, 1.165) is 0 Å². The summed E-state index contributed by atoms with van der Waals surface area (Å²) in [4.78, 5) is 0. The lowest BCUT2D eigenvalue weighted by Crippen LogP contribution is -2.33. The van der Waals surface area contributed by atoms with E-state index in [0.29, 0.717) is 29.8 Å². The number of hydrogen-bond donors (Lipinski definition) is 1. The van der Waals surface area contributed by atoms with Crippen LogP contribution in [0.1, 0.15) is 6.42 Å². The number of sulfone groups is 1. The molecule has 1 aliphatic rings. The Hall–Kier alpha value is -0.660. The second kappa shape index (κ2) is 6.19. The van der Waals surface area contributed by atoms with Gasteiger partial charge in [-0.15, -0.1) is 0 Å². The number of benzene rings is 1. The largest absolute Gasteiger partial charge is 0.491 e. The molecule has 1 heterocycles. The Morgan fingerprint density at radius 2 is 2.26 bits per heavy atom. The Morgan fingerprint density at radius 3 is 2.89 bits per heavy atom. The second-order valence-corrected chi connectivity index (χ2v) is 7.56. The van der Waals surface area contributed by atoms with Crippen molar-refractivity contribution in [3.63, 3.8) is 0 Å². The summed E-state index contributed by atoms with van der Waals surface area (Å²) >= 11 is 3.22. The zero-order chi connectivity index (χ0) is 13.9. The molecule has 1 fully saturated rings. The van der Waals surface area contributed by atoms with E-state index in [1.54, 1.807) is 6.07 Å². The number of nitrogens with one attached hydrogen (secondary N) is 1. The minimum absolute atomic E-state index is 0.0188. The summed E-state index contributed by atoms with van der Waals surface area (Å²) in [6, 6.07) is 4.24. The molecule has 1 aliphatic heterocycles. The third-order valence-corrected chi connectivity index (χ3v) is 5.31. The molecule has 1 aromatic rings. The standard InChI is InChI=1S/C12H15BrFNO3S/c13-11-7-9(14)1-2-12(11)18-5-4-15-10-3-6-19(16,17)8-10/h1-2,7,10,15H,3-6,8H2. The summed E-state index contributed by atoms with van der Waals surface area (Å²) in [5, 5.41) is 3.14. The van der Waals surface area contributed by atoms with Crippen molar-refractivity contribution in [2.45, 2.75) is 12.5 Å². The van der Waals surface area contributed by atoms with Gasteiger partial charge in [0.15, 0.2) is 9.84 Å². The van der Waals surface area contributed by atoms with E-state index in [1.807, 2.05) is 0 Å². The molecule has 1 N–H and O–H groups in total. The summed E-state index contributed by atoms with van der Waals surface area (Å²) in [7, 11) is -2.85. The van der Waals surface area contributed by atoms with Crippen LogP contribution in [0.2, 0.25) is 0 Å².